The molecule has 0 radical (unpaired) electrons. The van der Waals surface area contributed by atoms with Crippen molar-refractivity contribution in [1.82, 2.24) is 4.90 Å². The first-order chi connectivity index (χ1) is 7.22. The van der Waals surface area contributed by atoms with Crippen LogP contribution in [0.4, 0.5) is 0 Å². The molecule has 1 fully saturated rings. The van der Waals surface area contributed by atoms with E-state index in [4.69, 9.17) is 0 Å². The molecule has 0 saturated heterocycles. The van der Waals surface area contributed by atoms with Gasteiger partial charge in [0.15, 0.2) is 0 Å². The summed E-state index contributed by atoms with van der Waals surface area (Å²) in [7, 11) is 0. The Morgan fingerprint density at radius 3 is 2.87 bits per heavy atom. The Kier molecular flexibility index (Phi) is 4.06. The van der Waals surface area contributed by atoms with E-state index in [0.717, 1.165) is 17.4 Å². The van der Waals surface area contributed by atoms with Crippen LogP contribution in [0.5, 0.6) is 0 Å². The molecule has 0 aliphatic heterocycles. The third-order valence-corrected chi connectivity index (χ3v) is 4.53. The molecular formula is C10H11BrINOS. The van der Waals surface area contributed by atoms with Gasteiger partial charge in [-0.1, -0.05) is 15.9 Å². The van der Waals surface area contributed by atoms with Gasteiger partial charge in [-0.15, -0.1) is 11.3 Å². The van der Waals surface area contributed by atoms with Crippen molar-refractivity contribution in [1.29, 1.82) is 0 Å². The Morgan fingerprint density at radius 1 is 1.67 bits per heavy atom. The number of alkyl halides is 1. The van der Waals surface area contributed by atoms with E-state index < -0.39 is 0 Å². The van der Waals surface area contributed by atoms with Crippen molar-refractivity contribution < 1.29 is 4.79 Å². The molecule has 1 amide bonds. The molecule has 0 N–H and O–H groups in total. The molecule has 1 aliphatic carbocycles. The van der Waals surface area contributed by atoms with E-state index in [2.05, 4.69) is 38.5 Å². The number of rotatable bonds is 4. The summed E-state index contributed by atoms with van der Waals surface area (Å²) >= 11 is 7.28. The highest BCUT2D eigenvalue weighted by atomic mass is 127. The summed E-state index contributed by atoms with van der Waals surface area (Å²) in [6.07, 6.45) is 2.33. The van der Waals surface area contributed by atoms with Crippen LogP contribution in [-0.2, 0) is 0 Å². The normalized spacial score (nSPS) is 15.3. The highest BCUT2D eigenvalue weighted by molar-refractivity contribution is 14.1. The molecule has 1 heterocycles. The van der Waals surface area contributed by atoms with Gasteiger partial charge in [-0.25, -0.2) is 0 Å². The molecule has 82 valence electrons. The Morgan fingerprint density at radius 2 is 2.40 bits per heavy atom. The third kappa shape index (κ3) is 2.94. The molecule has 15 heavy (non-hydrogen) atoms. The summed E-state index contributed by atoms with van der Waals surface area (Å²) in [6, 6.07) is 2.46. The van der Waals surface area contributed by atoms with Crippen LogP contribution in [0.15, 0.2) is 11.4 Å². The van der Waals surface area contributed by atoms with Crippen molar-refractivity contribution >= 4 is 55.8 Å². The van der Waals surface area contributed by atoms with Gasteiger partial charge in [0.05, 0.1) is 8.45 Å². The van der Waals surface area contributed by atoms with Crippen molar-refractivity contribution in [3.63, 3.8) is 0 Å². The van der Waals surface area contributed by atoms with Gasteiger partial charge in [-0.2, -0.15) is 0 Å². The first kappa shape index (κ1) is 11.9. The quantitative estimate of drug-likeness (QED) is 0.561. The van der Waals surface area contributed by atoms with Crippen LogP contribution in [0.1, 0.15) is 23.2 Å². The Hall–Kier alpha value is 0.380. The minimum Gasteiger partial charge on any atom is -0.335 e. The summed E-state index contributed by atoms with van der Waals surface area (Å²) in [6.45, 7) is 0.815. The Bertz CT molecular complexity index is 364. The van der Waals surface area contributed by atoms with Crippen LogP contribution in [-0.4, -0.2) is 28.7 Å². The molecule has 1 saturated carbocycles. The average molecular weight is 400 g/mol. The number of hydrogen-bond acceptors (Lipinski definition) is 2. The lowest BCUT2D eigenvalue weighted by Gasteiger charge is -2.20. The molecule has 5 heteroatoms. The van der Waals surface area contributed by atoms with Gasteiger partial charge in [-0.3, -0.25) is 4.79 Å². The number of carbonyl (C=O) groups is 1. The first-order valence-corrected chi connectivity index (χ1v) is 7.91. The lowest BCUT2D eigenvalue weighted by atomic mass is 10.3. The second-order valence-corrected chi connectivity index (χ2v) is 7.16. The second-order valence-electron chi connectivity index (χ2n) is 3.56. The fourth-order valence-corrected chi connectivity index (χ4v) is 3.22. The van der Waals surface area contributed by atoms with E-state index >= 15 is 0 Å². The molecular weight excluding hydrogens is 389 g/mol. The largest absolute Gasteiger partial charge is 0.335 e. The van der Waals surface area contributed by atoms with E-state index in [1.165, 1.54) is 15.7 Å². The third-order valence-electron chi connectivity index (χ3n) is 2.39. The minimum atomic E-state index is 0.191. The number of halogens is 2. The monoisotopic (exact) mass is 399 g/mol. The summed E-state index contributed by atoms with van der Waals surface area (Å²) in [5.74, 6) is 0.191. The second kappa shape index (κ2) is 5.14. The number of amides is 1. The van der Waals surface area contributed by atoms with Gasteiger partial charge in [0.25, 0.3) is 5.91 Å². The van der Waals surface area contributed by atoms with Gasteiger partial charge >= 0.3 is 0 Å². The van der Waals surface area contributed by atoms with Crippen molar-refractivity contribution in [2.75, 3.05) is 11.9 Å². The number of nitrogens with zero attached hydrogens (tertiary/aromatic N) is 1. The molecule has 2 rings (SSSR count). The molecule has 2 nitrogen and oxygen atoms in total. The topological polar surface area (TPSA) is 20.3 Å². The predicted molar refractivity (Wildman–Crippen MR) is 74.9 cm³/mol. The Labute approximate surface area is 115 Å². The SMILES string of the molecule is O=C(c1csc(I)c1)N(CCBr)C1CC1. The zero-order valence-electron chi connectivity index (χ0n) is 8.08. The van der Waals surface area contributed by atoms with E-state index in [-0.39, 0.29) is 5.91 Å². The molecule has 0 spiro atoms. The highest BCUT2D eigenvalue weighted by Gasteiger charge is 2.32. The van der Waals surface area contributed by atoms with Crippen LogP contribution in [0.25, 0.3) is 0 Å². The predicted octanol–water partition coefficient (Wildman–Crippen LogP) is 3.35. The maximum atomic E-state index is 12.1. The molecule has 1 aromatic heterocycles. The standard InChI is InChI=1S/C10H11BrINOS/c11-3-4-13(8-1-2-8)10(14)7-5-9(12)15-6-7/h5-6,8H,1-4H2. The van der Waals surface area contributed by atoms with E-state index in [0.29, 0.717) is 6.04 Å². The number of thiophene rings is 1. The number of hydrogen-bond donors (Lipinski definition) is 0. The fraction of sp³-hybridized carbons (Fsp3) is 0.500. The molecule has 0 bridgehead atoms. The lowest BCUT2D eigenvalue weighted by Crippen LogP contribution is -2.34. The van der Waals surface area contributed by atoms with Crippen LogP contribution in [0.3, 0.4) is 0 Å². The van der Waals surface area contributed by atoms with Crippen LogP contribution in [0.2, 0.25) is 0 Å². The molecule has 1 aliphatic rings. The fourth-order valence-electron chi connectivity index (χ4n) is 1.52. The van der Waals surface area contributed by atoms with Crippen LogP contribution >= 0.6 is 49.9 Å². The summed E-state index contributed by atoms with van der Waals surface area (Å²) in [5, 5.41) is 2.81. The molecule has 0 unspecified atom stereocenters. The van der Waals surface area contributed by atoms with E-state index in [1.807, 2.05) is 16.3 Å². The van der Waals surface area contributed by atoms with Crippen molar-refractivity contribution in [2.24, 2.45) is 0 Å². The minimum absolute atomic E-state index is 0.191. The van der Waals surface area contributed by atoms with Crippen molar-refractivity contribution in [3.8, 4) is 0 Å². The van der Waals surface area contributed by atoms with Gasteiger partial charge in [0.1, 0.15) is 0 Å². The Balaban J connectivity index is 2.10. The molecule has 0 atom stereocenters. The summed E-state index contributed by atoms with van der Waals surface area (Å²) in [4.78, 5) is 14.1. The molecule has 0 aromatic carbocycles. The zero-order valence-corrected chi connectivity index (χ0v) is 12.6. The van der Waals surface area contributed by atoms with Crippen LogP contribution in [0, 0.1) is 2.88 Å². The number of carbonyl (C=O) groups excluding carboxylic acids is 1. The van der Waals surface area contributed by atoms with Gasteiger partial charge in [0, 0.05) is 23.3 Å². The van der Waals surface area contributed by atoms with E-state index in [1.54, 1.807) is 11.3 Å². The highest BCUT2D eigenvalue weighted by Crippen LogP contribution is 2.29. The zero-order chi connectivity index (χ0) is 10.8. The smallest absolute Gasteiger partial charge is 0.255 e. The van der Waals surface area contributed by atoms with Crippen molar-refractivity contribution in [2.45, 2.75) is 18.9 Å². The molecule has 1 aromatic rings. The van der Waals surface area contributed by atoms with Gasteiger partial charge in [0.2, 0.25) is 0 Å². The van der Waals surface area contributed by atoms with Crippen molar-refractivity contribution in [3.05, 3.63) is 19.9 Å². The maximum Gasteiger partial charge on any atom is 0.255 e. The summed E-state index contributed by atoms with van der Waals surface area (Å²) < 4.78 is 1.17. The van der Waals surface area contributed by atoms with Gasteiger partial charge in [-0.05, 0) is 41.5 Å². The van der Waals surface area contributed by atoms with Gasteiger partial charge < -0.3 is 4.90 Å². The first-order valence-electron chi connectivity index (χ1n) is 4.83. The lowest BCUT2D eigenvalue weighted by molar-refractivity contribution is 0.0755. The average Bonchev–Trinajstić information content (AvgIpc) is 2.96. The summed E-state index contributed by atoms with van der Waals surface area (Å²) in [5.41, 5.74) is 0.845. The van der Waals surface area contributed by atoms with Crippen LogP contribution < -0.4 is 0 Å². The maximum absolute atomic E-state index is 12.1. The van der Waals surface area contributed by atoms with E-state index in [9.17, 15) is 4.79 Å².